The number of hydrogen-bond acceptors (Lipinski definition) is 1. The molecule has 0 atom stereocenters. The molecule has 0 aromatic rings. The van der Waals surface area contributed by atoms with Crippen molar-refractivity contribution < 1.29 is 4.79 Å². The van der Waals surface area contributed by atoms with E-state index < -0.39 is 0 Å². The summed E-state index contributed by atoms with van der Waals surface area (Å²) in [4.78, 5) is 9.64. The maximum Gasteiger partial charge on any atom is 0.207 e. The van der Waals surface area contributed by atoms with Gasteiger partial charge in [0.25, 0.3) is 0 Å². The quantitative estimate of drug-likeness (QED) is 0.249. The molecule has 0 heterocycles. The van der Waals surface area contributed by atoms with Crippen molar-refractivity contribution in [2.45, 2.75) is 6.42 Å². The van der Waals surface area contributed by atoms with E-state index in [0.29, 0.717) is 19.4 Å². The third-order valence-electron chi connectivity index (χ3n) is 0.645. The number of carbonyl (C=O) groups is 1. The highest BCUT2D eigenvalue weighted by molar-refractivity contribution is 5.46. The average molecular weight is 123 g/mol. The van der Waals surface area contributed by atoms with Gasteiger partial charge in [0.05, 0.1) is 6.54 Å². The zero-order valence-electron chi connectivity index (χ0n) is 5.18. The molecule has 1 amide bonds. The number of allylic oxidation sites excluding steroid dienone is 1. The third-order valence-corrected chi connectivity index (χ3v) is 0.645. The van der Waals surface area contributed by atoms with E-state index in [9.17, 15) is 4.79 Å². The molecule has 0 bridgehead atoms. The molecule has 0 rings (SSSR count). The molecule has 9 heavy (non-hydrogen) atoms. The number of amides is 1. The monoisotopic (exact) mass is 123 g/mol. The standard InChI is InChI=1S/C7H9NO/c1-2-3-4-5-6-8-7-9/h2,7H,1,3,6H2,(H,8,9). The lowest BCUT2D eigenvalue weighted by atomic mass is 10.4. The maximum atomic E-state index is 9.64. The van der Waals surface area contributed by atoms with Gasteiger partial charge in [-0.1, -0.05) is 17.9 Å². The number of rotatable bonds is 3. The molecule has 0 aromatic carbocycles. The van der Waals surface area contributed by atoms with Crippen LogP contribution in [-0.4, -0.2) is 13.0 Å². The maximum absolute atomic E-state index is 9.64. The van der Waals surface area contributed by atoms with Crippen molar-refractivity contribution in [1.82, 2.24) is 5.32 Å². The summed E-state index contributed by atoms with van der Waals surface area (Å²) in [6.07, 6.45) is 3.02. The Morgan fingerprint density at radius 1 is 1.56 bits per heavy atom. The van der Waals surface area contributed by atoms with Crippen molar-refractivity contribution in [2.24, 2.45) is 0 Å². The fraction of sp³-hybridized carbons (Fsp3) is 0.286. The van der Waals surface area contributed by atoms with E-state index in [-0.39, 0.29) is 0 Å². The van der Waals surface area contributed by atoms with Crippen LogP contribution in [0, 0.1) is 11.8 Å². The first kappa shape index (κ1) is 7.77. The Morgan fingerprint density at radius 2 is 2.33 bits per heavy atom. The Balaban J connectivity index is 3.14. The molecule has 48 valence electrons. The van der Waals surface area contributed by atoms with Gasteiger partial charge < -0.3 is 5.32 Å². The van der Waals surface area contributed by atoms with E-state index in [1.807, 2.05) is 0 Å². The highest BCUT2D eigenvalue weighted by Crippen LogP contribution is 1.70. The number of carbonyl (C=O) groups excluding carboxylic acids is 1. The summed E-state index contributed by atoms with van der Waals surface area (Å²) < 4.78 is 0. The second-order valence-corrected chi connectivity index (χ2v) is 1.35. The van der Waals surface area contributed by atoms with Crippen LogP contribution in [-0.2, 0) is 4.79 Å². The lowest BCUT2D eigenvalue weighted by Gasteiger charge is -1.81. The van der Waals surface area contributed by atoms with Gasteiger partial charge in [0.1, 0.15) is 0 Å². The van der Waals surface area contributed by atoms with Crippen LogP contribution in [0.4, 0.5) is 0 Å². The van der Waals surface area contributed by atoms with E-state index in [0.717, 1.165) is 0 Å². The van der Waals surface area contributed by atoms with Crippen LogP contribution < -0.4 is 5.32 Å². The summed E-state index contributed by atoms with van der Waals surface area (Å²) in [6, 6.07) is 0. The molecule has 0 saturated carbocycles. The van der Waals surface area contributed by atoms with E-state index in [2.05, 4.69) is 23.7 Å². The van der Waals surface area contributed by atoms with Crippen LogP contribution >= 0.6 is 0 Å². The summed E-state index contributed by atoms with van der Waals surface area (Å²) in [5, 5.41) is 2.42. The van der Waals surface area contributed by atoms with Crippen molar-refractivity contribution in [1.29, 1.82) is 0 Å². The molecule has 0 fully saturated rings. The molecule has 0 aliphatic heterocycles. The second kappa shape index (κ2) is 6.77. The SMILES string of the molecule is C=CCC#CCNC=O. The lowest BCUT2D eigenvalue weighted by Crippen LogP contribution is -2.09. The Bertz CT molecular complexity index is 141. The minimum atomic E-state index is 0.428. The van der Waals surface area contributed by atoms with Gasteiger partial charge in [-0.3, -0.25) is 4.79 Å². The number of hydrogen-bond donors (Lipinski definition) is 1. The summed E-state index contributed by atoms with van der Waals surface area (Å²) in [6.45, 7) is 3.91. The lowest BCUT2D eigenvalue weighted by molar-refractivity contribution is -0.109. The zero-order chi connectivity index (χ0) is 6.95. The molecule has 0 saturated heterocycles. The van der Waals surface area contributed by atoms with Crippen molar-refractivity contribution in [3.63, 3.8) is 0 Å². The molecule has 0 spiro atoms. The first-order valence-corrected chi connectivity index (χ1v) is 2.65. The summed E-state index contributed by atoms with van der Waals surface area (Å²) >= 11 is 0. The molecule has 0 unspecified atom stereocenters. The topological polar surface area (TPSA) is 29.1 Å². The van der Waals surface area contributed by atoms with E-state index in [1.165, 1.54) is 0 Å². The molecule has 0 aliphatic rings. The van der Waals surface area contributed by atoms with Crippen molar-refractivity contribution in [3.8, 4) is 11.8 Å². The fourth-order valence-electron chi connectivity index (χ4n) is 0.300. The van der Waals surface area contributed by atoms with Gasteiger partial charge in [0.2, 0.25) is 6.41 Å². The molecular formula is C7H9NO. The predicted octanol–water partition coefficient (Wildman–Crippen LogP) is 0.312. The predicted molar refractivity (Wildman–Crippen MR) is 36.7 cm³/mol. The Hall–Kier alpha value is -1.23. The van der Waals surface area contributed by atoms with Crippen LogP contribution in [0.3, 0.4) is 0 Å². The Kier molecular flexibility index (Phi) is 5.84. The van der Waals surface area contributed by atoms with Crippen molar-refractivity contribution in [3.05, 3.63) is 12.7 Å². The Labute approximate surface area is 54.9 Å². The normalized spacial score (nSPS) is 6.67. The van der Waals surface area contributed by atoms with Crippen LogP contribution in [0.1, 0.15) is 6.42 Å². The van der Waals surface area contributed by atoms with E-state index >= 15 is 0 Å². The fourth-order valence-corrected chi connectivity index (χ4v) is 0.300. The van der Waals surface area contributed by atoms with Gasteiger partial charge in [-0.2, -0.15) is 0 Å². The highest BCUT2D eigenvalue weighted by Gasteiger charge is 1.68. The third kappa shape index (κ3) is 6.77. The van der Waals surface area contributed by atoms with Gasteiger partial charge in [-0.25, -0.2) is 0 Å². The van der Waals surface area contributed by atoms with Gasteiger partial charge in [-0.15, -0.1) is 6.58 Å². The average Bonchev–Trinajstić information content (AvgIpc) is 1.89. The first-order valence-electron chi connectivity index (χ1n) is 2.65. The minimum absolute atomic E-state index is 0.428. The van der Waals surface area contributed by atoms with E-state index in [1.54, 1.807) is 6.08 Å². The van der Waals surface area contributed by atoms with E-state index in [4.69, 9.17) is 0 Å². The molecule has 0 radical (unpaired) electrons. The van der Waals surface area contributed by atoms with Gasteiger partial charge in [-0.05, 0) is 0 Å². The first-order chi connectivity index (χ1) is 4.41. The molecule has 0 aliphatic carbocycles. The summed E-state index contributed by atoms with van der Waals surface area (Å²) in [5.74, 6) is 5.50. The van der Waals surface area contributed by atoms with Crippen molar-refractivity contribution >= 4 is 6.41 Å². The smallest absolute Gasteiger partial charge is 0.207 e. The number of nitrogens with one attached hydrogen (secondary N) is 1. The van der Waals surface area contributed by atoms with Crippen LogP contribution in [0.5, 0.6) is 0 Å². The zero-order valence-corrected chi connectivity index (χ0v) is 5.18. The summed E-state index contributed by atoms with van der Waals surface area (Å²) in [7, 11) is 0. The highest BCUT2D eigenvalue weighted by atomic mass is 16.1. The van der Waals surface area contributed by atoms with Gasteiger partial charge >= 0.3 is 0 Å². The minimum Gasteiger partial charge on any atom is -0.348 e. The molecular weight excluding hydrogens is 114 g/mol. The van der Waals surface area contributed by atoms with Crippen LogP contribution in [0.25, 0.3) is 0 Å². The molecule has 1 N–H and O–H groups in total. The van der Waals surface area contributed by atoms with Crippen LogP contribution in [0.2, 0.25) is 0 Å². The van der Waals surface area contributed by atoms with Crippen molar-refractivity contribution in [2.75, 3.05) is 6.54 Å². The van der Waals surface area contributed by atoms with Crippen LogP contribution in [0.15, 0.2) is 12.7 Å². The molecule has 2 heteroatoms. The van der Waals surface area contributed by atoms with Gasteiger partial charge in [0.15, 0.2) is 0 Å². The largest absolute Gasteiger partial charge is 0.348 e. The second-order valence-electron chi connectivity index (χ2n) is 1.35. The summed E-state index contributed by atoms with van der Waals surface area (Å²) in [5.41, 5.74) is 0. The molecule has 0 aromatic heterocycles. The van der Waals surface area contributed by atoms with Gasteiger partial charge in [0, 0.05) is 6.42 Å². The molecule has 2 nitrogen and oxygen atoms in total. The Morgan fingerprint density at radius 3 is 2.89 bits per heavy atom.